The minimum absolute atomic E-state index is 0.150. The molecule has 1 atom stereocenters. The molecule has 124 valence electrons. The van der Waals surface area contributed by atoms with Gasteiger partial charge in [0.15, 0.2) is 0 Å². The first kappa shape index (κ1) is 17.4. The van der Waals surface area contributed by atoms with Crippen molar-refractivity contribution in [3.63, 3.8) is 0 Å². The third-order valence-corrected chi connectivity index (χ3v) is 5.52. The van der Waals surface area contributed by atoms with E-state index in [2.05, 4.69) is 4.90 Å². The maximum Gasteiger partial charge on any atom is 0.211 e. The molecular formula is C16H26N2O3S. The molecule has 5 nitrogen and oxygen atoms in total. The highest BCUT2D eigenvalue weighted by Crippen LogP contribution is 2.17. The summed E-state index contributed by atoms with van der Waals surface area (Å²) in [5, 5.41) is 9.45. The number of sulfonamides is 1. The number of hydrogen-bond donors (Lipinski definition) is 1. The molecule has 1 saturated heterocycles. The van der Waals surface area contributed by atoms with Crippen molar-refractivity contribution >= 4 is 10.0 Å². The van der Waals surface area contributed by atoms with Gasteiger partial charge >= 0.3 is 0 Å². The number of piperidine rings is 1. The molecule has 1 fully saturated rings. The number of nitrogens with zero attached hydrogens (tertiary/aromatic N) is 2. The van der Waals surface area contributed by atoms with Gasteiger partial charge in [0.05, 0.1) is 12.9 Å². The fraction of sp³-hybridized carbons (Fsp3) is 0.625. The Balaban J connectivity index is 1.98. The zero-order chi connectivity index (χ0) is 16.0. The molecule has 6 heteroatoms. The molecule has 0 amide bonds. The van der Waals surface area contributed by atoms with E-state index in [1.807, 2.05) is 30.3 Å². The van der Waals surface area contributed by atoms with Crippen LogP contribution in [0.5, 0.6) is 0 Å². The number of aliphatic hydroxyl groups excluding tert-OH is 1. The van der Waals surface area contributed by atoms with Crippen LogP contribution in [0.3, 0.4) is 0 Å². The summed E-state index contributed by atoms with van der Waals surface area (Å²) in [7, 11) is -3.24. The normalized spacial score (nSPS) is 20.4. The van der Waals surface area contributed by atoms with Gasteiger partial charge in [-0.1, -0.05) is 36.8 Å². The Labute approximate surface area is 133 Å². The number of benzene rings is 1. The van der Waals surface area contributed by atoms with Crippen molar-refractivity contribution < 1.29 is 13.5 Å². The quantitative estimate of drug-likeness (QED) is 0.820. The van der Waals surface area contributed by atoms with Crippen LogP contribution in [0, 0.1) is 0 Å². The third kappa shape index (κ3) is 5.05. The Morgan fingerprint density at radius 2 is 2.00 bits per heavy atom. The van der Waals surface area contributed by atoms with Crippen molar-refractivity contribution in [2.24, 2.45) is 0 Å². The predicted octanol–water partition coefficient (Wildman–Crippen LogP) is 1.29. The molecule has 1 aromatic rings. The molecule has 0 saturated carbocycles. The van der Waals surface area contributed by atoms with E-state index in [4.69, 9.17) is 0 Å². The van der Waals surface area contributed by atoms with Crippen LogP contribution in [0.2, 0.25) is 0 Å². The lowest BCUT2D eigenvalue weighted by Gasteiger charge is -2.35. The van der Waals surface area contributed by atoms with E-state index in [9.17, 15) is 13.5 Å². The van der Waals surface area contributed by atoms with E-state index in [1.54, 1.807) is 0 Å². The van der Waals surface area contributed by atoms with Crippen molar-refractivity contribution in [3.05, 3.63) is 35.9 Å². The Hall–Kier alpha value is -0.950. The van der Waals surface area contributed by atoms with Crippen molar-refractivity contribution in [2.75, 3.05) is 32.5 Å². The van der Waals surface area contributed by atoms with Gasteiger partial charge in [-0.3, -0.25) is 4.90 Å². The zero-order valence-electron chi connectivity index (χ0n) is 13.2. The number of rotatable bonds is 7. The summed E-state index contributed by atoms with van der Waals surface area (Å²) < 4.78 is 25.6. The maximum atomic E-state index is 12.0. The van der Waals surface area contributed by atoms with E-state index in [0.717, 1.165) is 31.4 Å². The Kier molecular flexibility index (Phi) is 6.37. The first-order valence-electron chi connectivity index (χ1n) is 7.84. The van der Waals surface area contributed by atoms with Crippen LogP contribution >= 0.6 is 0 Å². The summed E-state index contributed by atoms with van der Waals surface area (Å²) in [5.41, 5.74) is 0.991. The monoisotopic (exact) mass is 326 g/mol. The van der Waals surface area contributed by atoms with Crippen molar-refractivity contribution in [2.45, 2.75) is 31.8 Å². The lowest BCUT2D eigenvalue weighted by atomic mass is 10.0. The molecule has 0 aromatic heterocycles. The van der Waals surface area contributed by atoms with Crippen LogP contribution in [-0.2, 0) is 16.6 Å². The van der Waals surface area contributed by atoms with E-state index < -0.39 is 10.0 Å². The molecule has 0 radical (unpaired) electrons. The maximum absolute atomic E-state index is 12.0. The fourth-order valence-electron chi connectivity index (χ4n) is 2.95. The molecule has 0 spiro atoms. The number of aliphatic hydroxyl groups is 1. The minimum Gasteiger partial charge on any atom is -0.395 e. The molecule has 2 rings (SSSR count). The molecule has 0 unspecified atom stereocenters. The number of hydrogen-bond acceptors (Lipinski definition) is 4. The van der Waals surface area contributed by atoms with Gasteiger partial charge in [-0.15, -0.1) is 0 Å². The number of likely N-dealkylation sites (tertiary alicyclic amines) is 1. The first-order chi connectivity index (χ1) is 10.5. The average Bonchev–Trinajstić information content (AvgIpc) is 2.51. The van der Waals surface area contributed by atoms with E-state index in [-0.39, 0.29) is 12.6 Å². The molecule has 1 aliphatic rings. The minimum atomic E-state index is -3.24. The van der Waals surface area contributed by atoms with Gasteiger partial charge < -0.3 is 5.11 Å². The van der Waals surface area contributed by atoms with Crippen molar-refractivity contribution in [3.8, 4) is 0 Å². The Morgan fingerprint density at radius 3 is 2.64 bits per heavy atom. The van der Waals surface area contributed by atoms with Gasteiger partial charge in [0.1, 0.15) is 0 Å². The molecule has 1 heterocycles. The van der Waals surface area contributed by atoms with E-state index in [1.165, 1.54) is 10.6 Å². The van der Waals surface area contributed by atoms with Crippen LogP contribution in [-0.4, -0.2) is 61.3 Å². The van der Waals surface area contributed by atoms with Gasteiger partial charge in [0.2, 0.25) is 10.0 Å². The summed E-state index contributed by atoms with van der Waals surface area (Å²) in [6, 6.07) is 9.82. The smallest absolute Gasteiger partial charge is 0.211 e. The van der Waals surface area contributed by atoms with E-state index >= 15 is 0 Å². The van der Waals surface area contributed by atoms with Crippen LogP contribution in [0.25, 0.3) is 0 Å². The topological polar surface area (TPSA) is 60.9 Å². The lowest BCUT2D eigenvalue weighted by Crippen LogP contribution is -2.46. The second kappa shape index (κ2) is 8.06. The molecule has 22 heavy (non-hydrogen) atoms. The van der Waals surface area contributed by atoms with E-state index in [0.29, 0.717) is 19.6 Å². The second-order valence-corrected chi connectivity index (χ2v) is 7.93. The van der Waals surface area contributed by atoms with Gasteiger partial charge in [-0.25, -0.2) is 8.42 Å². The Morgan fingerprint density at radius 1 is 1.27 bits per heavy atom. The van der Waals surface area contributed by atoms with Crippen LogP contribution < -0.4 is 0 Å². The molecular weight excluding hydrogens is 300 g/mol. The molecule has 1 aliphatic heterocycles. The highest BCUT2D eigenvalue weighted by Gasteiger charge is 2.24. The second-order valence-electron chi connectivity index (χ2n) is 5.95. The highest BCUT2D eigenvalue weighted by molar-refractivity contribution is 7.88. The SMILES string of the molecule is CS(=O)(=O)N(CCN1CCCC[C@H]1CO)Cc1ccccc1. The first-order valence-corrected chi connectivity index (χ1v) is 9.69. The van der Waals surface area contributed by atoms with Gasteiger partial charge in [0, 0.05) is 25.7 Å². The summed E-state index contributed by atoms with van der Waals surface area (Å²) >= 11 is 0. The molecule has 1 N–H and O–H groups in total. The summed E-state index contributed by atoms with van der Waals surface area (Å²) in [4.78, 5) is 2.21. The molecule has 0 bridgehead atoms. The van der Waals surface area contributed by atoms with Gasteiger partial charge in [-0.2, -0.15) is 4.31 Å². The van der Waals surface area contributed by atoms with Crippen LogP contribution in [0.1, 0.15) is 24.8 Å². The highest BCUT2D eigenvalue weighted by atomic mass is 32.2. The van der Waals surface area contributed by atoms with Crippen molar-refractivity contribution in [1.82, 2.24) is 9.21 Å². The largest absolute Gasteiger partial charge is 0.395 e. The third-order valence-electron chi connectivity index (χ3n) is 4.27. The van der Waals surface area contributed by atoms with Gasteiger partial charge in [-0.05, 0) is 24.9 Å². The standard InChI is InChI=1S/C16H26N2O3S/c1-22(20,21)18(13-15-7-3-2-4-8-15)12-11-17-10-6-5-9-16(17)14-19/h2-4,7-8,16,19H,5-6,9-14H2,1H3/t16-/m0/s1. The molecule has 1 aromatic carbocycles. The summed E-state index contributed by atoms with van der Waals surface area (Å²) in [6.07, 6.45) is 4.51. The zero-order valence-corrected chi connectivity index (χ0v) is 14.0. The summed E-state index contributed by atoms with van der Waals surface area (Å²) in [5.74, 6) is 0. The lowest BCUT2D eigenvalue weighted by molar-refractivity contribution is 0.0860. The van der Waals surface area contributed by atoms with Crippen LogP contribution in [0.4, 0.5) is 0 Å². The van der Waals surface area contributed by atoms with Gasteiger partial charge in [0.25, 0.3) is 0 Å². The van der Waals surface area contributed by atoms with Crippen LogP contribution in [0.15, 0.2) is 30.3 Å². The summed E-state index contributed by atoms with van der Waals surface area (Å²) in [6.45, 7) is 2.62. The van der Waals surface area contributed by atoms with Crippen molar-refractivity contribution in [1.29, 1.82) is 0 Å². The Bertz CT molecular complexity index is 548. The molecule has 0 aliphatic carbocycles. The average molecular weight is 326 g/mol. The fourth-order valence-corrected chi connectivity index (χ4v) is 3.75. The predicted molar refractivity (Wildman–Crippen MR) is 88.0 cm³/mol.